The molecule has 0 saturated heterocycles. The van der Waals surface area contributed by atoms with E-state index in [1.807, 2.05) is 0 Å². The lowest BCUT2D eigenvalue weighted by Crippen LogP contribution is -2.33. The maximum absolute atomic E-state index is 11.9. The molecule has 1 heterocycles. The molecule has 0 aliphatic carbocycles. The second-order valence-electron chi connectivity index (χ2n) is 5.68. The van der Waals surface area contributed by atoms with Crippen molar-refractivity contribution in [2.24, 2.45) is 0 Å². The molecule has 1 aromatic rings. The van der Waals surface area contributed by atoms with Crippen LogP contribution in [-0.2, 0) is 29.1 Å². The molecule has 0 aliphatic rings. The molecule has 13 nitrogen and oxygen atoms in total. The van der Waals surface area contributed by atoms with Crippen LogP contribution >= 0.6 is 0 Å². The number of aromatic nitrogens is 1. The van der Waals surface area contributed by atoms with E-state index in [4.69, 9.17) is 0 Å². The Morgan fingerprint density at radius 2 is 1.93 bits per heavy atom. The zero-order chi connectivity index (χ0) is 21.9. The molecule has 14 heteroatoms. The van der Waals surface area contributed by atoms with Gasteiger partial charge in [0.25, 0.3) is 5.69 Å². The Hall–Kier alpha value is -3.13. The summed E-state index contributed by atoms with van der Waals surface area (Å²) in [5, 5.41) is 13.0. The van der Waals surface area contributed by atoms with Crippen molar-refractivity contribution in [1.82, 2.24) is 15.1 Å². The third-order valence-corrected chi connectivity index (χ3v) is 4.67. The fraction of sp³-hybridized carbons (Fsp3) is 0.467. The Bertz CT molecular complexity index is 841. The van der Waals surface area contributed by atoms with E-state index in [9.17, 15) is 32.9 Å². The number of hydrogen-bond donors (Lipinski definition) is 3. The van der Waals surface area contributed by atoms with Crippen molar-refractivity contribution in [3.05, 3.63) is 28.4 Å². The molecule has 29 heavy (non-hydrogen) atoms. The lowest BCUT2D eigenvalue weighted by molar-refractivity contribution is -0.385. The number of rotatable bonds is 13. The smallest absolute Gasteiger partial charge is 0.374 e. The molecule has 160 valence electrons. The van der Waals surface area contributed by atoms with Gasteiger partial charge in [-0.1, -0.05) is 0 Å². The van der Waals surface area contributed by atoms with E-state index in [1.54, 1.807) is 0 Å². The Kier molecular flexibility index (Phi) is 9.61. The van der Waals surface area contributed by atoms with E-state index >= 15 is 0 Å². The van der Waals surface area contributed by atoms with Crippen molar-refractivity contribution in [3.8, 4) is 0 Å². The fourth-order valence-electron chi connectivity index (χ4n) is 1.95. The Morgan fingerprint density at radius 1 is 1.21 bits per heavy atom. The maximum atomic E-state index is 11.9. The second kappa shape index (κ2) is 11.7. The van der Waals surface area contributed by atoms with Gasteiger partial charge in [-0.3, -0.25) is 25.1 Å². The molecule has 0 spiro atoms. The van der Waals surface area contributed by atoms with E-state index in [0.29, 0.717) is 0 Å². The minimum Gasteiger partial charge on any atom is -0.463 e. The zero-order valence-electron chi connectivity index (χ0n) is 15.5. The third kappa shape index (κ3) is 9.57. The molecule has 0 aromatic carbocycles. The van der Waals surface area contributed by atoms with Gasteiger partial charge in [0, 0.05) is 25.5 Å². The van der Waals surface area contributed by atoms with Crippen LogP contribution in [0.25, 0.3) is 0 Å². The van der Waals surface area contributed by atoms with Crippen LogP contribution < -0.4 is 15.6 Å². The first-order valence-corrected chi connectivity index (χ1v) is 10.0. The van der Waals surface area contributed by atoms with Crippen LogP contribution in [0.3, 0.4) is 0 Å². The number of methoxy groups -OCH3 is 1. The van der Waals surface area contributed by atoms with Gasteiger partial charge in [0.1, 0.15) is 12.0 Å². The van der Waals surface area contributed by atoms with Crippen LogP contribution in [0, 0.1) is 10.1 Å². The van der Waals surface area contributed by atoms with Gasteiger partial charge in [0.2, 0.25) is 21.7 Å². The summed E-state index contributed by atoms with van der Waals surface area (Å²) in [5.74, 6) is -2.27. The number of nitrogens with zero attached hydrogens (tertiary/aromatic N) is 2. The average molecular weight is 431 g/mol. The molecule has 1 amide bonds. The van der Waals surface area contributed by atoms with Crippen molar-refractivity contribution in [1.29, 1.82) is 0 Å². The van der Waals surface area contributed by atoms with Gasteiger partial charge >= 0.3 is 5.97 Å². The summed E-state index contributed by atoms with van der Waals surface area (Å²) >= 11 is 0. The predicted molar refractivity (Wildman–Crippen MR) is 99.9 cm³/mol. The predicted octanol–water partition coefficient (Wildman–Crippen LogP) is -0.345. The number of amides is 1. The zero-order valence-corrected chi connectivity index (χ0v) is 16.4. The number of nitro groups is 1. The van der Waals surface area contributed by atoms with E-state index < -0.39 is 26.7 Å². The molecule has 0 unspecified atom stereocenters. The summed E-state index contributed by atoms with van der Waals surface area (Å²) in [6, 6.07) is 2.41. The molecular formula is C15H21N5O8S. The second-order valence-corrected chi connectivity index (χ2v) is 7.52. The number of nitrogens with one attached hydrogen (secondary N) is 3. The standard InChI is InChI=1S/C15H21N5O8S/c1-28-15(23)12(21)4-2-5-14(22)16-8-3-9-29(26,27)19-18-13-7-6-11(10-17-13)20(24)25/h6-7,10,19H,2-5,8-9H2,1H3,(H,16,22)(H,17,18). The highest BCUT2D eigenvalue weighted by Gasteiger charge is 2.14. The van der Waals surface area contributed by atoms with Crippen LogP contribution in [0.1, 0.15) is 25.7 Å². The number of anilines is 1. The summed E-state index contributed by atoms with van der Waals surface area (Å²) < 4.78 is 28.0. The van der Waals surface area contributed by atoms with E-state index in [-0.39, 0.29) is 55.4 Å². The summed E-state index contributed by atoms with van der Waals surface area (Å²) in [6.07, 6.45) is 1.18. The molecule has 0 bridgehead atoms. The van der Waals surface area contributed by atoms with Crippen molar-refractivity contribution < 1.29 is 32.5 Å². The quantitative estimate of drug-likeness (QED) is 0.122. The van der Waals surface area contributed by atoms with Crippen molar-refractivity contribution in [2.45, 2.75) is 25.7 Å². The molecule has 0 aliphatic heterocycles. The summed E-state index contributed by atoms with van der Waals surface area (Å²) in [6.45, 7) is 0.0977. The van der Waals surface area contributed by atoms with Gasteiger partial charge in [0.15, 0.2) is 0 Å². The molecule has 1 rings (SSSR count). The van der Waals surface area contributed by atoms with Crippen molar-refractivity contribution >= 4 is 39.2 Å². The number of sulfonamides is 1. The fourth-order valence-corrected chi connectivity index (χ4v) is 2.84. The van der Waals surface area contributed by atoms with Crippen LogP contribution in [0.15, 0.2) is 18.3 Å². The summed E-state index contributed by atoms with van der Waals surface area (Å²) in [5.41, 5.74) is 2.09. The van der Waals surface area contributed by atoms with Gasteiger partial charge in [-0.25, -0.2) is 18.2 Å². The Balaban J connectivity index is 2.23. The Labute approximate surface area is 166 Å². The van der Waals surface area contributed by atoms with Gasteiger partial charge in [0.05, 0.1) is 17.8 Å². The molecule has 0 fully saturated rings. The highest BCUT2D eigenvalue weighted by atomic mass is 32.2. The van der Waals surface area contributed by atoms with E-state index in [0.717, 1.165) is 19.4 Å². The Morgan fingerprint density at radius 3 is 2.52 bits per heavy atom. The lowest BCUT2D eigenvalue weighted by atomic mass is 10.1. The summed E-state index contributed by atoms with van der Waals surface area (Å²) in [4.78, 5) is 49.4. The number of pyridine rings is 1. The number of Topliss-reactive ketones (excluding diaryl/α,β-unsaturated/α-hetero) is 1. The third-order valence-electron chi connectivity index (χ3n) is 3.43. The van der Waals surface area contributed by atoms with Crippen LogP contribution in [0.4, 0.5) is 11.5 Å². The van der Waals surface area contributed by atoms with E-state index in [2.05, 4.69) is 25.3 Å². The van der Waals surface area contributed by atoms with Crippen molar-refractivity contribution in [3.63, 3.8) is 0 Å². The molecule has 0 radical (unpaired) electrons. The normalized spacial score (nSPS) is 10.8. The van der Waals surface area contributed by atoms with Gasteiger partial charge < -0.3 is 10.1 Å². The average Bonchev–Trinajstić information content (AvgIpc) is 2.69. The number of ketones is 1. The number of carbonyl (C=O) groups is 3. The summed E-state index contributed by atoms with van der Waals surface area (Å²) in [7, 11) is -2.64. The highest BCUT2D eigenvalue weighted by Crippen LogP contribution is 2.11. The van der Waals surface area contributed by atoms with Crippen LogP contribution in [0.5, 0.6) is 0 Å². The number of hydrazine groups is 1. The molecule has 3 N–H and O–H groups in total. The number of ether oxygens (including phenoxy) is 1. The molecule has 0 saturated carbocycles. The van der Waals surface area contributed by atoms with E-state index in [1.165, 1.54) is 6.07 Å². The minimum atomic E-state index is -3.73. The number of carbonyl (C=O) groups excluding carboxylic acids is 3. The minimum absolute atomic E-state index is 0.0150. The van der Waals surface area contributed by atoms with Gasteiger partial charge in [-0.05, 0) is 18.9 Å². The lowest BCUT2D eigenvalue weighted by Gasteiger charge is -2.09. The maximum Gasteiger partial charge on any atom is 0.374 e. The molecular weight excluding hydrogens is 410 g/mol. The first-order valence-electron chi connectivity index (χ1n) is 8.38. The van der Waals surface area contributed by atoms with Gasteiger partial charge in [-0.2, -0.15) is 0 Å². The SMILES string of the molecule is COC(=O)C(=O)CCCC(=O)NCCCS(=O)(=O)NNc1ccc([N+](=O)[O-])cn1. The monoisotopic (exact) mass is 431 g/mol. The van der Waals surface area contributed by atoms with Crippen LogP contribution in [0.2, 0.25) is 0 Å². The first kappa shape index (κ1) is 23.9. The van der Waals surface area contributed by atoms with Crippen LogP contribution in [-0.4, -0.2) is 55.4 Å². The topological polar surface area (TPSA) is 187 Å². The number of esters is 1. The molecule has 1 aromatic heterocycles. The number of hydrogen-bond acceptors (Lipinski definition) is 10. The highest BCUT2D eigenvalue weighted by molar-refractivity contribution is 7.89. The van der Waals surface area contributed by atoms with Gasteiger partial charge in [-0.15, -0.1) is 4.83 Å². The van der Waals surface area contributed by atoms with Crippen molar-refractivity contribution in [2.75, 3.05) is 24.8 Å². The molecule has 0 atom stereocenters. The largest absolute Gasteiger partial charge is 0.463 e. The first-order chi connectivity index (χ1) is 13.6.